The van der Waals surface area contributed by atoms with Crippen molar-refractivity contribution >= 4 is 5.82 Å². The van der Waals surface area contributed by atoms with E-state index in [-0.39, 0.29) is 0 Å². The molecule has 0 radical (unpaired) electrons. The van der Waals surface area contributed by atoms with Gasteiger partial charge in [0.05, 0.1) is 6.54 Å². The van der Waals surface area contributed by atoms with Gasteiger partial charge >= 0.3 is 0 Å². The first-order valence-corrected chi connectivity index (χ1v) is 5.18. The Kier molecular flexibility index (Phi) is 3.00. The second kappa shape index (κ2) is 4.29. The molecule has 0 bridgehead atoms. The summed E-state index contributed by atoms with van der Waals surface area (Å²) in [7, 11) is 0. The van der Waals surface area contributed by atoms with E-state index in [0.717, 1.165) is 30.5 Å². The molecule has 1 aliphatic carbocycles. The SMILES string of the molecule is OCC(F)(F)CNc1ncnc2c1CCC2. The van der Waals surface area contributed by atoms with Gasteiger partial charge in [-0.05, 0) is 19.3 Å². The van der Waals surface area contributed by atoms with E-state index in [1.54, 1.807) is 0 Å². The highest BCUT2D eigenvalue weighted by molar-refractivity contribution is 5.48. The van der Waals surface area contributed by atoms with Gasteiger partial charge in [-0.1, -0.05) is 0 Å². The standard InChI is InChI=1S/C10H13F2N3O/c11-10(12,5-16)4-13-9-7-2-1-3-8(7)14-6-15-9/h6,16H,1-5H2,(H,13,14,15). The summed E-state index contributed by atoms with van der Waals surface area (Å²) < 4.78 is 25.7. The largest absolute Gasteiger partial charge is 0.390 e. The van der Waals surface area contributed by atoms with Crippen molar-refractivity contribution in [1.82, 2.24) is 9.97 Å². The highest BCUT2D eigenvalue weighted by Gasteiger charge is 2.28. The van der Waals surface area contributed by atoms with Crippen LogP contribution >= 0.6 is 0 Å². The molecule has 0 amide bonds. The van der Waals surface area contributed by atoms with Gasteiger partial charge in [-0.2, -0.15) is 0 Å². The minimum atomic E-state index is -3.11. The molecule has 1 heterocycles. The molecular weight excluding hydrogens is 216 g/mol. The summed E-state index contributed by atoms with van der Waals surface area (Å²) in [6.45, 7) is -1.76. The topological polar surface area (TPSA) is 58.0 Å². The maximum atomic E-state index is 12.8. The number of rotatable bonds is 4. The summed E-state index contributed by atoms with van der Waals surface area (Å²) in [4.78, 5) is 8.05. The number of anilines is 1. The molecule has 0 saturated heterocycles. The van der Waals surface area contributed by atoms with Crippen LogP contribution in [-0.4, -0.2) is 34.1 Å². The molecule has 0 saturated carbocycles. The number of nitrogens with zero attached hydrogens (tertiary/aromatic N) is 2. The van der Waals surface area contributed by atoms with Crippen LogP contribution in [0.15, 0.2) is 6.33 Å². The third kappa shape index (κ3) is 2.27. The third-order valence-electron chi connectivity index (χ3n) is 2.62. The zero-order valence-electron chi connectivity index (χ0n) is 8.71. The molecule has 0 spiro atoms. The zero-order chi connectivity index (χ0) is 11.6. The molecule has 4 nitrogen and oxygen atoms in total. The predicted molar refractivity (Wildman–Crippen MR) is 54.6 cm³/mol. The lowest BCUT2D eigenvalue weighted by molar-refractivity contribution is -0.0373. The van der Waals surface area contributed by atoms with Gasteiger partial charge in [-0.25, -0.2) is 18.7 Å². The first-order chi connectivity index (χ1) is 7.62. The van der Waals surface area contributed by atoms with Crippen molar-refractivity contribution < 1.29 is 13.9 Å². The Bertz CT molecular complexity index is 384. The molecule has 0 unspecified atom stereocenters. The van der Waals surface area contributed by atoms with Crippen LogP contribution in [0.3, 0.4) is 0 Å². The van der Waals surface area contributed by atoms with Crippen LogP contribution < -0.4 is 5.32 Å². The smallest absolute Gasteiger partial charge is 0.287 e. The fourth-order valence-corrected chi connectivity index (χ4v) is 1.78. The van der Waals surface area contributed by atoms with Crippen LogP contribution in [0.25, 0.3) is 0 Å². The number of fused-ring (bicyclic) bond motifs is 1. The minimum Gasteiger partial charge on any atom is -0.390 e. The maximum absolute atomic E-state index is 12.8. The average Bonchev–Trinajstić information content (AvgIpc) is 2.75. The van der Waals surface area contributed by atoms with Gasteiger partial charge in [0, 0.05) is 11.3 Å². The summed E-state index contributed by atoms with van der Waals surface area (Å²) in [5, 5.41) is 11.0. The van der Waals surface area contributed by atoms with Crippen molar-refractivity contribution in [2.24, 2.45) is 0 Å². The minimum absolute atomic E-state index is 0.468. The van der Waals surface area contributed by atoms with Crippen LogP contribution in [-0.2, 0) is 12.8 Å². The fraction of sp³-hybridized carbons (Fsp3) is 0.600. The molecule has 6 heteroatoms. The Morgan fingerprint density at radius 1 is 1.38 bits per heavy atom. The molecule has 2 N–H and O–H groups in total. The van der Waals surface area contributed by atoms with Gasteiger partial charge in [0.2, 0.25) is 0 Å². The normalized spacial score (nSPS) is 14.9. The number of hydrogen-bond acceptors (Lipinski definition) is 4. The molecule has 0 atom stereocenters. The zero-order valence-corrected chi connectivity index (χ0v) is 8.71. The monoisotopic (exact) mass is 229 g/mol. The van der Waals surface area contributed by atoms with E-state index in [9.17, 15) is 8.78 Å². The van der Waals surface area contributed by atoms with Crippen molar-refractivity contribution in [1.29, 1.82) is 0 Å². The van der Waals surface area contributed by atoms with E-state index in [2.05, 4.69) is 15.3 Å². The van der Waals surface area contributed by atoms with E-state index >= 15 is 0 Å². The quantitative estimate of drug-likeness (QED) is 0.808. The number of aromatic nitrogens is 2. The Morgan fingerprint density at radius 3 is 2.94 bits per heavy atom. The predicted octanol–water partition coefficient (Wildman–Crippen LogP) is 1.00. The summed E-state index contributed by atoms with van der Waals surface area (Å²) in [5.41, 5.74) is 1.86. The fourth-order valence-electron chi connectivity index (χ4n) is 1.78. The molecule has 0 aromatic carbocycles. The summed E-state index contributed by atoms with van der Waals surface area (Å²) in [6.07, 6.45) is 4.06. The first-order valence-electron chi connectivity index (χ1n) is 5.18. The van der Waals surface area contributed by atoms with Crippen molar-refractivity contribution in [2.75, 3.05) is 18.5 Å². The summed E-state index contributed by atoms with van der Waals surface area (Å²) in [6, 6.07) is 0. The van der Waals surface area contributed by atoms with E-state index in [1.807, 2.05) is 0 Å². The molecule has 16 heavy (non-hydrogen) atoms. The van der Waals surface area contributed by atoms with Gasteiger partial charge < -0.3 is 10.4 Å². The Hall–Kier alpha value is -1.30. The molecule has 1 aliphatic rings. The molecule has 2 rings (SSSR count). The summed E-state index contributed by atoms with van der Waals surface area (Å²) in [5.74, 6) is -2.65. The highest BCUT2D eigenvalue weighted by Crippen LogP contribution is 2.25. The number of halogens is 2. The lowest BCUT2D eigenvalue weighted by Gasteiger charge is -2.15. The number of hydrogen-bond donors (Lipinski definition) is 2. The lowest BCUT2D eigenvalue weighted by Crippen LogP contribution is -2.31. The van der Waals surface area contributed by atoms with Crippen LogP contribution in [0.4, 0.5) is 14.6 Å². The van der Waals surface area contributed by atoms with Crippen LogP contribution in [0.5, 0.6) is 0 Å². The average molecular weight is 229 g/mol. The number of alkyl halides is 2. The number of aryl methyl sites for hydroxylation is 1. The Labute approximate surface area is 91.7 Å². The Morgan fingerprint density at radius 2 is 2.19 bits per heavy atom. The molecule has 0 aliphatic heterocycles. The maximum Gasteiger partial charge on any atom is 0.287 e. The highest BCUT2D eigenvalue weighted by atomic mass is 19.3. The molecule has 88 valence electrons. The Balaban J connectivity index is 2.08. The van der Waals surface area contributed by atoms with E-state index < -0.39 is 19.1 Å². The van der Waals surface area contributed by atoms with Gasteiger partial charge in [-0.15, -0.1) is 0 Å². The second-order valence-corrected chi connectivity index (χ2v) is 3.87. The second-order valence-electron chi connectivity index (χ2n) is 3.87. The van der Waals surface area contributed by atoms with E-state index in [4.69, 9.17) is 5.11 Å². The van der Waals surface area contributed by atoms with Crippen LogP contribution in [0.2, 0.25) is 0 Å². The first kappa shape index (κ1) is 11.2. The number of nitrogens with one attached hydrogen (secondary N) is 1. The van der Waals surface area contributed by atoms with Gasteiger partial charge in [0.15, 0.2) is 0 Å². The van der Waals surface area contributed by atoms with Gasteiger partial charge in [0.25, 0.3) is 5.92 Å². The number of aliphatic hydroxyl groups is 1. The van der Waals surface area contributed by atoms with Crippen molar-refractivity contribution in [3.05, 3.63) is 17.6 Å². The molecule has 1 aromatic rings. The van der Waals surface area contributed by atoms with Crippen LogP contribution in [0, 0.1) is 0 Å². The number of aliphatic hydroxyl groups excluding tert-OH is 1. The molecule has 1 aromatic heterocycles. The van der Waals surface area contributed by atoms with Crippen molar-refractivity contribution in [3.63, 3.8) is 0 Å². The van der Waals surface area contributed by atoms with Crippen LogP contribution in [0.1, 0.15) is 17.7 Å². The van der Waals surface area contributed by atoms with Gasteiger partial charge in [0.1, 0.15) is 18.8 Å². The third-order valence-corrected chi connectivity index (χ3v) is 2.62. The lowest BCUT2D eigenvalue weighted by atomic mass is 10.2. The van der Waals surface area contributed by atoms with Crippen molar-refractivity contribution in [3.8, 4) is 0 Å². The van der Waals surface area contributed by atoms with E-state index in [0.29, 0.717) is 5.82 Å². The summed E-state index contributed by atoms with van der Waals surface area (Å²) >= 11 is 0. The van der Waals surface area contributed by atoms with E-state index in [1.165, 1.54) is 6.33 Å². The van der Waals surface area contributed by atoms with Gasteiger partial charge in [-0.3, -0.25) is 0 Å². The molecular formula is C10H13F2N3O. The van der Waals surface area contributed by atoms with Crippen molar-refractivity contribution in [2.45, 2.75) is 25.2 Å². The molecule has 0 fully saturated rings.